The number of piperidine rings is 1. The van der Waals surface area contributed by atoms with E-state index in [2.05, 4.69) is 34.5 Å². The van der Waals surface area contributed by atoms with Crippen molar-refractivity contribution < 1.29 is 4.79 Å². The van der Waals surface area contributed by atoms with Crippen molar-refractivity contribution >= 4 is 6.41 Å². The average molecular weight is 232 g/mol. The van der Waals surface area contributed by atoms with Crippen LogP contribution in [0.15, 0.2) is 24.3 Å². The highest BCUT2D eigenvalue weighted by Gasteiger charge is 2.10. The number of nitrogens with zero attached hydrogens (tertiary/aromatic N) is 1. The average Bonchev–Trinajstić information content (AvgIpc) is 2.38. The number of hydrogen-bond donors (Lipinski definition) is 1. The minimum absolute atomic E-state index is 0.622. The first-order valence-corrected chi connectivity index (χ1v) is 6.36. The molecule has 2 rings (SSSR count). The van der Waals surface area contributed by atoms with Gasteiger partial charge in [-0.15, -0.1) is 0 Å². The topological polar surface area (TPSA) is 32.3 Å². The van der Waals surface area contributed by atoms with Crippen molar-refractivity contribution in [3.63, 3.8) is 0 Å². The molecule has 17 heavy (non-hydrogen) atoms. The van der Waals surface area contributed by atoms with Gasteiger partial charge in [-0.05, 0) is 37.1 Å². The summed E-state index contributed by atoms with van der Waals surface area (Å²) in [5.74, 6) is 0. The molecule has 92 valence electrons. The summed E-state index contributed by atoms with van der Waals surface area (Å²) in [6.07, 6.45) is 4.77. The van der Waals surface area contributed by atoms with E-state index in [4.69, 9.17) is 0 Å². The van der Waals surface area contributed by atoms with Gasteiger partial charge >= 0.3 is 0 Å². The van der Waals surface area contributed by atoms with Gasteiger partial charge in [0.25, 0.3) is 0 Å². The van der Waals surface area contributed by atoms with E-state index in [-0.39, 0.29) is 0 Å². The zero-order valence-electron chi connectivity index (χ0n) is 10.2. The second-order valence-electron chi connectivity index (χ2n) is 4.66. The SMILES string of the molecule is O=CNCc1cccc(CN2CCCCC2)c1. The molecule has 3 nitrogen and oxygen atoms in total. The van der Waals surface area contributed by atoms with Crippen molar-refractivity contribution in [3.05, 3.63) is 35.4 Å². The Morgan fingerprint density at radius 1 is 1.18 bits per heavy atom. The summed E-state index contributed by atoms with van der Waals surface area (Å²) < 4.78 is 0. The van der Waals surface area contributed by atoms with E-state index in [0.717, 1.165) is 13.0 Å². The zero-order valence-corrected chi connectivity index (χ0v) is 10.2. The fourth-order valence-electron chi connectivity index (χ4n) is 2.37. The Morgan fingerprint density at radius 3 is 2.71 bits per heavy atom. The van der Waals surface area contributed by atoms with Crippen LogP contribution in [0.5, 0.6) is 0 Å². The highest BCUT2D eigenvalue weighted by atomic mass is 16.1. The van der Waals surface area contributed by atoms with Gasteiger partial charge in [-0.1, -0.05) is 30.7 Å². The lowest BCUT2D eigenvalue weighted by Gasteiger charge is -2.26. The third kappa shape index (κ3) is 3.86. The molecule has 0 unspecified atom stereocenters. The molecule has 1 aliphatic heterocycles. The molecule has 0 atom stereocenters. The van der Waals surface area contributed by atoms with E-state index in [1.807, 2.05) is 0 Å². The van der Waals surface area contributed by atoms with Crippen LogP contribution in [0.1, 0.15) is 30.4 Å². The monoisotopic (exact) mass is 232 g/mol. The summed E-state index contributed by atoms with van der Waals surface area (Å²) in [5.41, 5.74) is 2.52. The first kappa shape index (κ1) is 12.1. The lowest BCUT2D eigenvalue weighted by molar-refractivity contribution is -0.109. The normalized spacial score (nSPS) is 16.7. The Balaban J connectivity index is 1.92. The van der Waals surface area contributed by atoms with Gasteiger partial charge in [0.05, 0.1) is 0 Å². The molecule has 3 heteroatoms. The minimum atomic E-state index is 0.622. The maximum absolute atomic E-state index is 10.3. The van der Waals surface area contributed by atoms with Crippen LogP contribution in [0.3, 0.4) is 0 Å². The maximum Gasteiger partial charge on any atom is 0.207 e. The lowest BCUT2D eigenvalue weighted by atomic mass is 10.1. The van der Waals surface area contributed by atoms with E-state index in [1.54, 1.807) is 0 Å². The summed E-state index contributed by atoms with van der Waals surface area (Å²) in [6, 6.07) is 8.47. The van der Waals surface area contributed by atoms with E-state index >= 15 is 0 Å². The highest BCUT2D eigenvalue weighted by molar-refractivity contribution is 5.46. The fourth-order valence-corrected chi connectivity index (χ4v) is 2.37. The van der Waals surface area contributed by atoms with Crippen LogP contribution >= 0.6 is 0 Å². The van der Waals surface area contributed by atoms with Gasteiger partial charge in [0.2, 0.25) is 6.41 Å². The Morgan fingerprint density at radius 2 is 1.94 bits per heavy atom. The second kappa shape index (κ2) is 6.40. The van der Waals surface area contributed by atoms with Gasteiger partial charge in [-0.2, -0.15) is 0 Å². The van der Waals surface area contributed by atoms with Crippen LogP contribution in [0.2, 0.25) is 0 Å². The van der Waals surface area contributed by atoms with Crippen LogP contribution in [0.25, 0.3) is 0 Å². The summed E-state index contributed by atoms with van der Waals surface area (Å²) in [7, 11) is 0. The number of rotatable bonds is 5. The summed E-state index contributed by atoms with van der Waals surface area (Å²) in [4.78, 5) is 12.8. The minimum Gasteiger partial charge on any atom is -0.355 e. The van der Waals surface area contributed by atoms with E-state index in [9.17, 15) is 4.79 Å². The van der Waals surface area contributed by atoms with Crippen molar-refractivity contribution in [1.82, 2.24) is 10.2 Å². The largest absolute Gasteiger partial charge is 0.355 e. The Labute approximate surface area is 103 Å². The molecule has 0 saturated carbocycles. The lowest BCUT2D eigenvalue weighted by Crippen LogP contribution is -2.29. The smallest absolute Gasteiger partial charge is 0.207 e. The van der Waals surface area contributed by atoms with Gasteiger partial charge in [-0.3, -0.25) is 9.69 Å². The van der Waals surface area contributed by atoms with Crippen molar-refractivity contribution in [1.29, 1.82) is 0 Å². The molecule has 0 radical (unpaired) electrons. The Bertz CT molecular complexity index is 359. The molecule has 1 N–H and O–H groups in total. The van der Waals surface area contributed by atoms with Gasteiger partial charge < -0.3 is 5.32 Å². The molecule has 0 aliphatic carbocycles. The fraction of sp³-hybridized carbons (Fsp3) is 0.500. The predicted octanol–water partition coefficient (Wildman–Crippen LogP) is 1.92. The van der Waals surface area contributed by atoms with Gasteiger partial charge in [-0.25, -0.2) is 0 Å². The molecule has 1 aromatic carbocycles. The molecule has 1 amide bonds. The van der Waals surface area contributed by atoms with Crippen molar-refractivity contribution in [2.75, 3.05) is 13.1 Å². The summed E-state index contributed by atoms with van der Waals surface area (Å²) >= 11 is 0. The maximum atomic E-state index is 10.3. The van der Waals surface area contributed by atoms with Gasteiger partial charge in [0.15, 0.2) is 0 Å². The second-order valence-corrected chi connectivity index (χ2v) is 4.66. The third-order valence-corrected chi connectivity index (χ3v) is 3.24. The van der Waals surface area contributed by atoms with E-state index < -0.39 is 0 Å². The highest BCUT2D eigenvalue weighted by Crippen LogP contribution is 2.13. The molecule has 0 bridgehead atoms. The van der Waals surface area contributed by atoms with Crippen LogP contribution in [-0.2, 0) is 17.9 Å². The molecular formula is C14H20N2O. The quantitative estimate of drug-likeness (QED) is 0.787. The zero-order chi connectivity index (χ0) is 11.9. The molecule has 0 spiro atoms. The standard InChI is InChI=1S/C14H20N2O/c17-12-15-10-13-5-4-6-14(9-13)11-16-7-2-1-3-8-16/h4-6,9,12H,1-3,7-8,10-11H2,(H,15,17). The van der Waals surface area contributed by atoms with Crippen molar-refractivity contribution in [2.45, 2.75) is 32.4 Å². The summed E-state index contributed by atoms with van der Waals surface area (Å²) in [6.45, 7) is 4.10. The molecule has 1 fully saturated rings. The summed E-state index contributed by atoms with van der Waals surface area (Å²) in [5, 5.41) is 2.70. The van der Waals surface area contributed by atoms with E-state index in [1.165, 1.54) is 43.5 Å². The van der Waals surface area contributed by atoms with E-state index in [0.29, 0.717) is 6.54 Å². The number of benzene rings is 1. The van der Waals surface area contributed by atoms with Gasteiger partial charge in [0, 0.05) is 13.1 Å². The molecule has 1 aromatic rings. The third-order valence-electron chi connectivity index (χ3n) is 3.24. The van der Waals surface area contributed by atoms with Crippen molar-refractivity contribution in [3.8, 4) is 0 Å². The molecular weight excluding hydrogens is 212 g/mol. The number of carbonyl (C=O) groups excluding carboxylic acids is 1. The van der Waals surface area contributed by atoms with Crippen LogP contribution in [0.4, 0.5) is 0 Å². The first-order chi connectivity index (χ1) is 8.38. The molecule has 1 aliphatic rings. The number of likely N-dealkylation sites (tertiary alicyclic amines) is 1. The Hall–Kier alpha value is -1.35. The number of carbonyl (C=O) groups is 1. The number of amides is 1. The first-order valence-electron chi connectivity index (χ1n) is 6.36. The van der Waals surface area contributed by atoms with Crippen LogP contribution in [0, 0.1) is 0 Å². The number of nitrogens with one attached hydrogen (secondary N) is 1. The van der Waals surface area contributed by atoms with Crippen molar-refractivity contribution in [2.24, 2.45) is 0 Å². The number of hydrogen-bond acceptors (Lipinski definition) is 2. The van der Waals surface area contributed by atoms with Crippen LogP contribution < -0.4 is 5.32 Å². The van der Waals surface area contributed by atoms with Crippen LogP contribution in [-0.4, -0.2) is 24.4 Å². The molecule has 1 saturated heterocycles. The molecule has 0 aromatic heterocycles. The van der Waals surface area contributed by atoms with Gasteiger partial charge in [0.1, 0.15) is 0 Å². The molecule has 1 heterocycles. The Kier molecular flexibility index (Phi) is 4.56. The predicted molar refractivity (Wildman–Crippen MR) is 68.5 cm³/mol.